The van der Waals surface area contributed by atoms with Crippen LogP contribution in [0.1, 0.15) is 24.1 Å². The van der Waals surface area contributed by atoms with E-state index in [1.54, 1.807) is 19.2 Å². The molecule has 4 rings (SSSR count). The average Bonchev–Trinajstić information content (AvgIpc) is 3.23. The molecule has 0 spiro atoms. The second-order valence-electron chi connectivity index (χ2n) is 7.38. The van der Waals surface area contributed by atoms with Gasteiger partial charge in [0.25, 0.3) is 0 Å². The van der Waals surface area contributed by atoms with Gasteiger partial charge < -0.3 is 20.5 Å². The number of fused-ring (bicyclic) bond motifs is 1. The summed E-state index contributed by atoms with van der Waals surface area (Å²) >= 11 is 1.32. The topological polar surface area (TPSA) is 92.2 Å². The first kappa shape index (κ1) is 23.7. The minimum atomic E-state index is -3.49. The Labute approximate surface area is 197 Å². The first-order valence-electron chi connectivity index (χ1n) is 10.5. The fraction of sp³-hybridized carbons (Fsp3) is 0.261. The molecule has 0 saturated carbocycles. The second-order valence-corrected chi connectivity index (χ2v) is 8.41. The fourth-order valence-corrected chi connectivity index (χ4v) is 4.09. The Morgan fingerprint density at radius 1 is 1.03 bits per heavy atom. The molecule has 0 fully saturated rings. The Morgan fingerprint density at radius 2 is 1.82 bits per heavy atom. The number of hydrogen-bond donors (Lipinski definition) is 3. The van der Waals surface area contributed by atoms with Gasteiger partial charge in [-0.3, -0.25) is 0 Å². The molecule has 0 amide bonds. The number of benzene rings is 2. The molecule has 11 heteroatoms. The van der Waals surface area contributed by atoms with E-state index in [1.807, 2.05) is 6.07 Å². The Kier molecular flexibility index (Phi) is 7.13. The molecule has 0 radical (unpaired) electrons. The van der Waals surface area contributed by atoms with Crippen LogP contribution >= 0.6 is 11.3 Å². The van der Waals surface area contributed by atoms with E-state index in [0.717, 1.165) is 40.5 Å². The highest BCUT2D eigenvalue weighted by Crippen LogP contribution is 2.37. The highest BCUT2D eigenvalue weighted by atomic mass is 32.1. The van der Waals surface area contributed by atoms with Crippen LogP contribution in [0, 0.1) is 5.82 Å². The van der Waals surface area contributed by atoms with Crippen molar-refractivity contribution in [2.24, 2.45) is 0 Å². The van der Waals surface area contributed by atoms with E-state index in [-0.39, 0.29) is 18.4 Å². The molecule has 0 atom stereocenters. The number of aliphatic hydroxyl groups excluding tert-OH is 1. The van der Waals surface area contributed by atoms with E-state index in [0.29, 0.717) is 30.3 Å². The number of nitrogens with one attached hydrogen (secondary N) is 2. The van der Waals surface area contributed by atoms with E-state index in [4.69, 9.17) is 9.84 Å². The third-order valence-corrected chi connectivity index (χ3v) is 5.89. The second kappa shape index (κ2) is 10.2. The van der Waals surface area contributed by atoms with Gasteiger partial charge in [0.2, 0.25) is 5.95 Å². The van der Waals surface area contributed by atoms with Gasteiger partial charge in [0.15, 0.2) is 5.13 Å². The number of thiazole rings is 1. The van der Waals surface area contributed by atoms with E-state index in [9.17, 15) is 4.39 Å². The number of halogens is 3. The number of hydrogen-bond acceptors (Lipinski definition) is 8. The lowest BCUT2D eigenvalue weighted by atomic mass is 10.1. The molecule has 34 heavy (non-hydrogen) atoms. The summed E-state index contributed by atoms with van der Waals surface area (Å²) in [4.78, 5) is 12.8. The molecule has 3 N–H and O–H groups in total. The van der Waals surface area contributed by atoms with Gasteiger partial charge in [0.1, 0.15) is 23.1 Å². The SMILES string of the molecule is COc1ccc2nc(Nc3cc(C(F)(F)c4ccc(F)cc4)nc(NCCCCO)n3)sc2c1. The van der Waals surface area contributed by atoms with E-state index < -0.39 is 23.0 Å². The largest absolute Gasteiger partial charge is 0.497 e. The van der Waals surface area contributed by atoms with Crippen molar-refractivity contribution in [1.29, 1.82) is 0 Å². The van der Waals surface area contributed by atoms with Crippen LogP contribution < -0.4 is 15.4 Å². The predicted molar refractivity (Wildman–Crippen MR) is 126 cm³/mol. The molecule has 2 aromatic carbocycles. The van der Waals surface area contributed by atoms with Crippen LogP contribution in [0.15, 0.2) is 48.5 Å². The van der Waals surface area contributed by atoms with Crippen molar-refractivity contribution < 1.29 is 23.0 Å². The summed E-state index contributed by atoms with van der Waals surface area (Å²) in [5.41, 5.74) is -0.220. The standard InChI is InChI=1S/C23H22F3N5O2S/c1-33-16-8-9-17-18(12-16)34-22(28-17)31-20-13-19(29-21(30-20)27-10-2-3-11-32)23(25,26)14-4-6-15(24)7-5-14/h4-9,12-13,32H,2-3,10-11H2,1H3,(H2,27,28,29,30,31). The van der Waals surface area contributed by atoms with Crippen molar-refractivity contribution in [1.82, 2.24) is 15.0 Å². The molecule has 0 bridgehead atoms. The number of nitrogens with zero attached hydrogens (tertiary/aromatic N) is 3. The maximum Gasteiger partial charge on any atom is 0.315 e. The van der Waals surface area contributed by atoms with Crippen LogP contribution in [0.3, 0.4) is 0 Å². The van der Waals surface area contributed by atoms with Gasteiger partial charge in [-0.05, 0) is 55.3 Å². The number of methoxy groups -OCH3 is 1. The van der Waals surface area contributed by atoms with Crippen molar-refractivity contribution >= 4 is 38.5 Å². The van der Waals surface area contributed by atoms with Crippen LogP contribution in [-0.2, 0) is 5.92 Å². The summed E-state index contributed by atoms with van der Waals surface area (Å²) in [5, 5.41) is 15.3. The maximum atomic E-state index is 15.3. The summed E-state index contributed by atoms with van der Waals surface area (Å²) in [6.07, 6.45) is 1.17. The third kappa shape index (κ3) is 5.37. The summed E-state index contributed by atoms with van der Waals surface area (Å²) < 4.78 is 49.9. The molecule has 7 nitrogen and oxygen atoms in total. The van der Waals surface area contributed by atoms with Crippen LogP contribution in [0.4, 0.5) is 30.1 Å². The van der Waals surface area contributed by atoms with E-state index in [2.05, 4.69) is 25.6 Å². The number of unbranched alkanes of at least 4 members (excludes halogenated alkanes) is 1. The zero-order chi connectivity index (χ0) is 24.1. The molecule has 0 aliphatic carbocycles. The van der Waals surface area contributed by atoms with Gasteiger partial charge in [-0.2, -0.15) is 13.8 Å². The summed E-state index contributed by atoms with van der Waals surface area (Å²) in [5.74, 6) is -3.29. The number of rotatable bonds is 10. The first-order chi connectivity index (χ1) is 16.4. The Balaban J connectivity index is 1.67. The summed E-state index contributed by atoms with van der Waals surface area (Å²) in [6.45, 7) is 0.424. The van der Waals surface area contributed by atoms with E-state index in [1.165, 1.54) is 11.3 Å². The van der Waals surface area contributed by atoms with Gasteiger partial charge in [-0.1, -0.05) is 11.3 Å². The minimum absolute atomic E-state index is 0.00232. The zero-order valence-electron chi connectivity index (χ0n) is 18.2. The molecule has 2 heterocycles. The van der Waals surface area contributed by atoms with Crippen LogP contribution in [-0.4, -0.2) is 40.3 Å². The Bertz CT molecular complexity index is 1270. The zero-order valence-corrected chi connectivity index (χ0v) is 19.0. The maximum absolute atomic E-state index is 15.3. The minimum Gasteiger partial charge on any atom is -0.497 e. The van der Waals surface area contributed by atoms with Gasteiger partial charge in [-0.15, -0.1) is 0 Å². The van der Waals surface area contributed by atoms with Crippen molar-refractivity contribution in [2.45, 2.75) is 18.8 Å². The Morgan fingerprint density at radius 3 is 2.56 bits per heavy atom. The third-order valence-electron chi connectivity index (χ3n) is 4.95. The molecular weight excluding hydrogens is 467 g/mol. The molecule has 0 aliphatic rings. The molecule has 0 unspecified atom stereocenters. The smallest absolute Gasteiger partial charge is 0.315 e. The summed E-state index contributed by atoms with van der Waals surface area (Å²) in [6, 6.07) is 10.6. The molecular formula is C23H22F3N5O2S. The van der Waals surface area contributed by atoms with Crippen molar-refractivity contribution in [2.75, 3.05) is 30.9 Å². The van der Waals surface area contributed by atoms with Gasteiger partial charge in [-0.25, -0.2) is 14.4 Å². The normalized spacial score (nSPS) is 11.6. The molecule has 0 aliphatic heterocycles. The molecule has 4 aromatic rings. The number of aliphatic hydroxyl groups is 1. The lowest BCUT2D eigenvalue weighted by molar-refractivity contribution is 0.0380. The fourth-order valence-electron chi connectivity index (χ4n) is 3.19. The first-order valence-corrected chi connectivity index (χ1v) is 11.3. The quantitative estimate of drug-likeness (QED) is 0.260. The number of ether oxygens (including phenoxy) is 1. The summed E-state index contributed by atoms with van der Waals surface area (Å²) in [7, 11) is 1.57. The van der Waals surface area contributed by atoms with Crippen LogP contribution in [0.5, 0.6) is 5.75 Å². The highest BCUT2D eigenvalue weighted by Gasteiger charge is 2.37. The predicted octanol–water partition coefficient (Wildman–Crippen LogP) is 5.30. The molecule has 2 aromatic heterocycles. The molecule has 0 saturated heterocycles. The van der Waals surface area contributed by atoms with Crippen LogP contribution in [0.25, 0.3) is 10.2 Å². The lowest BCUT2D eigenvalue weighted by Crippen LogP contribution is -2.19. The lowest BCUT2D eigenvalue weighted by Gasteiger charge is -2.18. The number of anilines is 3. The molecule has 178 valence electrons. The Hall–Kier alpha value is -3.44. The van der Waals surface area contributed by atoms with Gasteiger partial charge in [0, 0.05) is 24.8 Å². The van der Waals surface area contributed by atoms with Crippen LogP contribution in [0.2, 0.25) is 0 Å². The van der Waals surface area contributed by atoms with Gasteiger partial charge >= 0.3 is 5.92 Å². The van der Waals surface area contributed by atoms with Crippen molar-refractivity contribution in [3.8, 4) is 5.75 Å². The average molecular weight is 490 g/mol. The van der Waals surface area contributed by atoms with E-state index >= 15 is 8.78 Å². The number of alkyl halides is 2. The van der Waals surface area contributed by atoms with Crippen molar-refractivity contribution in [3.05, 3.63) is 65.6 Å². The highest BCUT2D eigenvalue weighted by molar-refractivity contribution is 7.22. The van der Waals surface area contributed by atoms with Gasteiger partial charge in [0.05, 0.1) is 17.3 Å². The number of aromatic nitrogens is 3. The van der Waals surface area contributed by atoms with Crippen molar-refractivity contribution in [3.63, 3.8) is 0 Å². The monoisotopic (exact) mass is 489 g/mol.